The Labute approximate surface area is 125 Å². The van der Waals surface area contributed by atoms with E-state index in [4.69, 9.17) is 0 Å². The van der Waals surface area contributed by atoms with Crippen LogP contribution in [0.25, 0.3) is 0 Å². The Kier molecular flexibility index (Phi) is 5.65. The van der Waals surface area contributed by atoms with Crippen molar-refractivity contribution in [1.82, 2.24) is 5.32 Å². The topological polar surface area (TPSA) is 12.0 Å². The summed E-state index contributed by atoms with van der Waals surface area (Å²) in [4.78, 5) is 0. The highest BCUT2D eigenvalue weighted by Gasteiger charge is 2.25. The van der Waals surface area contributed by atoms with Gasteiger partial charge in [-0.15, -0.1) is 0 Å². The second kappa shape index (κ2) is 7.26. The molecule has 1 heteroatoms. The largest absolute Gasteiger partial charge is 0.312 e. The molecule has 0 heterocycles. The molecule has 1 aliphatic rings. The van der Waals surface area contributed by atoms with Gasteiger partial charge in [0.1, 0.15) is 0 Å². The third-order valence-corrected chi connectivity index (χ3v) is 4.61. The van der Waals surface area contributed by atoms with Gasteiger partial charge in [-0.05, 0) is 64.0 Å². The fraction of sp³-hybridized carbons (Fsp3) is 0.684. The van der Waals surface area contributed by atoms with E-state index >= 15 is 0 Å². The zero-order chi connectivity index (χ0) is 14.4. The maximum atomic E-state index is 3.72. The van der Waals surface area contributed by atoms with Crippen molar-refractivity contribution in [1.29, 1.82) is 0 Å². The van der Waals surface area contributed by atoms with Crippen LogP contribution in [0.15, 0.2) is 30.3 Å². The van der Waals surface area contributed by atoms with Crippen LogP contribution in [0.2, 0.25) is 0 Å². The van der Waals surface area contributed by atoms with Gasteiger partial charge in [-0.2, -0.15) is 0 Å². The Balaban J connectivity index is 1.83. The number of hydrogen-bond acceptors (Lipinski definition) is 1. The van der Waals surface area contributed by atoms with Crippen molar-refractivity contribution in [2.24, 2.45) is 11.8 Å². The number of rotatable bonds is 5. The Morgan fingerprint density at radius 1 is 1.00 bits per heavy atom. The molecule has 0 radical (unpaired) electrons. The fourth-order valence-electron chi connectivity index (χ4n) is 3.37. The maximum absolute atomic E-state index is 3.72. The summed E-state index contributed by atoms with van der Waals surface area (Å²) in [5, 5.41) is 3.72. The van der Waals surface area contributed by atoms with Crippen LogP contribution in [0.3, 0.4) is 0 Å². The molecule has 2 rings (SSSR count). The summed E-state index contributed by atoms with van der Waals surface area (Å²) >= 11 is 0. The molecule has 0 aliphatic heterocycles. The highest BCUT2D eigenvalue weighted by Crippen LogP contribution is 2.33. The second-order valence-corrected chi connectivity index (χ2v) is 7.46. The smallest absolute Gasteiger partial charge is 0.00966 e. The molecule has 1 aromatic carbocycles. The summed E-state index contributed by atoms with van der Waals surface area (Å²) in [6, 6.07) is 11.0. The standard InChI is InChI=1S/C19H31N/c1-19(2,3)20-15-18-12-8-7-11-17(18)14-13-16-9-5-4-6-10-16/h4-6,9-10,17-18,20H,7-8,11-15H2,1-3H3. The van der Waals surface area contributed by atoms with E-state index in [2.05, 4.69) is 56.4 Å². The second-order valence-electron chi connectivity index (χ2n) is 7.46. The quantitative estimate of drug-likeness (QED) is 0.811. The predicted octanol–water partition coefficient (Wildman–Crippen LogP) is 4.81. The van der Waals surface area contributed by atoms with Crippen molar-refractivity contribution in [2.45, 2.75) is 64.8 Å². The van der Waals surface area contributed by atoms with Gasteiger partial charge in [0.05, 0.1) is 0 Å². The molecule has 0 aromatic heterocycles. The predicted molar refractivity (Wildman–Crippen MR) is 88.0 cm³/mol. The SMILES string of the molecule is CC(C)(C)NCC1CCCCC1CCc1ccccc1. The van der Waals surface area contributed by atoms with Gasteiger partial charge in [-0.25, -0.2) is 0 Å². The van der Waals surface area contributed by atoms with E-state index in [0.29, 0.717) is 0 Å². The van der Waals surface area contributed by atoms with Gasteiger partial charge in [0.15, 0.2) is 0 Å². The summed E-state index contributed by atoms with van der Waals surface area (Å²) in [5.41, 5.74) is 1.75. The first-order chi connectivity index (χ1) is 9.54. The fourth-order valence-corrected chi connectivity index (χ4v) is 3.37. The Morgan fingerprint density at radius 3 is 2.30 bits per heavy atom. The molecule has 0 bridgehead atoms. The van der Waals surface area contributed by atoms with Crippen LogP contribution in [-0.2, 0) is 6.42 Å². The molecule has 1 N–H and O–H groups in total. The zero-order valence-electron chi connectivity index (χ0n) is 13.5. The molecule has 2 atom stereocenters. The first kappa shape index (κ1) is 15.6. The lowest BCUT2D eigenvalue weighted by molar-refractivity contribution is 0.204. The Bertz CT molecular complexity index is 377. The van der Waals surface area contributed by atoms with E-state index in [1.54, 1.807) is 0 Å². The number of hydrogen-bond donors (Lipinski definition) is 1. The first-order valence-electron chi connectivity index (χ1n) is 8.33. The molecule has 1 fully saturated rings. The molecule has 112 valence electrons. The molecular weight excluding hydrogens is 242 g/mol. The Hall–Kier alpha value is -0.820. The van der Waals surface area contributed by atoms with E-state index < -0.39 is 0 Å². The minimum absolute atomic E-state index is 0.251. The summed E-state index contributed by atoms with van der Waals surface area (Å²) in [7, 11) is 0. The van der Waals surface area contributed by atoms with Crippen LogP contribution in [-0.4, -0.2) is 12.1 Å². The first-order valence-corrected chi connectivity index (χ1v) is 8.33. The zero-order valence-corrected chi connectivity index (χ0v) is 13.5. The molecular formula is C19H31N. The molecule has 1 saturated carbocycles. The van der Waals surface area contributed by atoms with Crippen molar-refractivity contribution in [2.75, 3.05) is 6.54 Å². The van der Waals surface area contributed by atoms with E-state index in [0.717, 1.165) is 11.8 Å². The van der Waals surface area contributed by atoms with Crippen molar-refractivity contribution in [3.63, 3.8) is 0 Å². The molecule has 2 unspecified atom stereocenters. The molecule has 0 amide bonds. The summed E-state index contributed by atoms with van der Waals surface area (Å²) in [5.74, 6) is 1.80. The van der Waals surface area contributed by atoms with E-state index in [9.17, 15) is 0 Å². The average molecular weight is 273 g/mol. The van der Waals surface area contributed by atoms with Crippen LogP contribution in [0.4, 0.5) is 0 Å². The van der Waals surface area contributed by atoms with Crippen molar-refractivity contribution >= 4 is 0 Å². The molecule has 1 nitrogen and oxygen atoms in total. The highest BCUT2D eigenvalue weighted by atomic mass is 14.9. The minimum Gasteiger partial charge on any atom is -0.312 e. The lowest BCUT2D eigenvalue weighted by Gasteiger charge is -2.34. The molecule has 20 heavy (non-hydrogen) atoms. The molecule has 0 saturated heterocycles. The van der Waals surface area contributed by atoms with Gasteiger partial charge in [-0.3, -0.25) is 0 Å². The van der Waals surface area contributed by atoms with Crippen LogP contribution < -0.4 is 5.32 Å². The van der Waals surface area contributed by atoms with Crippen molar-refractivity contribution < 1.29 is 0 Å². The third kappa shape index (κ3) is 5.28. The van der Waals surface area contributed by atoms with Gasteiger partial charge in [-0.1, -0.05) is 49.6 Å². The highest BCUT2D eigenvalue weighted by molar-refractivity contribution is 5.14. The average Bonchev–Trinajstić information content (AvgIpc) is 2.44. The van der Waals surface area contributed by atoms with Gasteiger partial charge >= 0.3 is 0 Å². The molecule has 0 spiro atoms. The monoisotopic (exact) mass is 273 g/mol. The van der Waals surface area contributed by atoms with Crippen LogP contribution >= 0.6 is 0 Å². The summed E-state index contributed by atoms with van der Waals surface area (Å²) < 4.78 is 0. The van der Waals surface area contributed by atoms with E-state index in [-0.39, 0.29) is 5.54 Å². The lowest BCUT2D eigenvalue weighted by atomic mass is 9.76. The normalized spacial score (nSPS) is 23.8. The van der Waals surface area contributed by atoms with Crippen molar-refractivity contribution in [3.05, 3.63) is 35.9 Å². The molecule has 1 aromatic rings. The Morgan fingerprint density at radius 2 is 1.65 bits per heavy atom. The van der Waals surface area contributed by atoms with Crippen LogP contribution in [0.1, 0.15) is 58.4 Å². The lowest BCUT2D eigenvalue weighted by Crippen LogP contribution is -2.41. The van der Waals surface area contributed by atoms with E-state index in [1.807, 2.05) is 0 Å². The number of nitrogens with one attached hydrogen (secondary N) is 1. The van der Waals surface area contributed by atoms with Crippen LogP contribution in [0, 0.1) is 11.8 Å². The van der Waals surface area contributed by atoms with Gasteiger partial charge in [0.2, 0.25) is 0 Å². The van der Waals surface area contributed by atoms with Gasteiger partial charge in [0, 0.05) is 5.54 Å². The van der Waals surface area contributed by atoms with Crippen LogP contribution in [0.5, 0.6) is 0 Å². The third-order valence-electron chi connectivity index (χ3n) is 4.61. The number of aryl methyl sites for hydroxylation is 1. The minimum atomic E-state index is 0.251. The maximum Gasteiger partial charge on any atom is 0.00966 e. The van der Waals surface area contributed by atoms with Crippen molar-refractivity contribution in [3.8, 4) is 0 Å². The van der Waals surface area contributed by atoms with E-state index in [1.165, 1.54) is 50.6 Å². The summed E-state index contributed by atoms with van der Waals surface area (Å²) in [6.45, 7) is 8.02. The van der Waals surface area contributed by atoms with Gasteiger partial charge < -0.3 is 5.32 Å². The molecule has 1 aliphatic carbocycles. The summed E-state index contributed by atoms with van der Waals surface area (Å²) in [6.07, 6.45) is 8.33. The number of benzene rings is 1. The van der Waals surface area contributed by atoms with Gasteiger partial charge in [0.25, 0.3) is 0 Å².